The van der Waals surface area contributed by atoms with Gasteiger partial charge in [-0.1, -0.05) is 28.9 Å². The number of benzene rings is 1. The summed E-state index contributed by atoms with van der Waals surface area (Å²) in [6.07, 6.45) is 2.26. The molecular formula is C12H13BrN4. The second kappa shape index (κ2) is 5.14. The van der Waals surface area contributed by atoms with Crippen LogP contribution in [-0.2, 0) is 6.42 Å². The number of nitrogens with two attached hydrogens (primary N) is 1. The zero-order chi connectivity index (χ0) is 12.3. The number of hydrogen-bond donors (Lipinski definition) is 2. The van der Waals surface area contributed by atoms with Crippen LogP contribution in [0.15, 0.2) is 35.1 Å². The number of halogens is 1. The summed E-state index contributed by atoms with van der Waals surface area (Å²) in [5.74, 6) is 1.29. The normalized spacial score (nSPS) is 10.2. The molecule has 1 aromatic carbocycles. The maximum absolute atomic E-state index is 5.82. The Morgan fingerprint density at radius 3 is 2.88 bits per heavy atom. The summed E-state index contributed by atoms with van der Waals surface area (Å²) in [5, 5.41) is 3.24. The van der Waals surface area contributed by atoms with Gasteiger partial charge in [-0.15, -0.1) is 0 Å². The van der Waals surface area contributed by atoms with Crippen molar-refractivity contribution in [2.24, 2.45) is 0 Å². The molecule has 1 aromatic heterocycles. The van der Waals surface area contributed by atoms with Crippen LogP contribution in [0, 0.1) is 0 Å². The first-order valence-corrected chi connectivity index (χ1v) is 6.12. The van der Waals surface area contributed by atoms with Crippen molar-refractivity contribution < 1.29 is 0 Å². The van der Waals surface area contributed by atoms with E-state index >= 15 is 0 Å². The van der Waals surface area contributed by atoms with Crippen LogP contribution in [0.4, 0.5) is 17.3 Å². The summed E-state index contributed by atoms with van der Waals surface area (Å²) >= 11 is 3.43. The largest absolute Gasteiger partial charge is 0.383 e. The minimum Gasteiger partial charge on any atom is -0.383 e. The lowest BCUT2D eigenvalue weighted by Crippen LogP contribution is -2.04. The Kier molecular flexibility index (Phi) is 3.58. The van der Waals surface area contributed by atoms with Crippen LogP contribution < -0.4 is 11.1 Å². The molecule has 2 aromatic rings. The van der Waals surface area contributed by atoms with Gasteiger partial charge in [0.1, 0.15) is 18.0 Å². The van der Waals surface area contributed by atoms with Gasteiger partial charge in [-0.2, -0.15) is 0 Å². The first kappa shape index (κ1) is 11.9. The predicted octanol–water partition coefficient (Wildman–Crippen LogP) is 3.13. The molecule has 0 atom stereocenters. The molecule has 0 saturated heterocycles. The summed E-state index contributed by atoms with van der Waals surface area (Å²) in [6, 6.07) is 7.89. The molecular weight excluding hydrogens is 280 g/mol. The van der Waals surface area contributed by atoms with E-state index in [0.717, 1.165) is 28.0 Å². The molecule has 0 amide bonds. The van der Waals surface area contributed by atoms with Crippen LogP contribution in [0.3, 0.4) is 0 Å². The SMILES string of the molecule is CCc1c(N)ncnc1Nc1cccc(Br)c1. The van der Waals surface area contributed by atoms with E-state index in [1.807, 2.05) is 31.2 Å². The van der Waals surface area contributed by atoms with Crippen molar-refractivity contribution in [3.05, 3.63) is 40.6 Å². The molecule has 17 heavy (non-hydrogen) atoms. The van der Waals surface area contributed by atoms with Crippen molar-refractivity contribution >= 4 is 33.3 Å². The average molecular weight is 293 g/mol. The van der Waals surface area contributed by atoms with Crippen LogP contribution in [0.1, 0.15) is 12.5 Å². The van der Waals surface area contributed by atoms with Gasteiger partial charge >= 0.3 is 0 Å². The van der Waals surface area contributed by atoms with E-state index in [1.54, 1.807) is 0 Å². The minimum absolute atomic E-state index is 0.528. The second-order valence-electron chi connectivity index (χ2n) is 3.57. The summed E-state index contributed by atoms with van der Waals surface area (Å²) in [4.78, 5) is 8.20. The molecule has 1 heterocycles. The lowest BCUT2D eigenvalue weighted by molar-refractivity contribution is 1.06. The highest BCUT2D eigenvalue weighted by molar-refractivity contribution is 9.10. The third kappa shape index (κ3) is 2.74. The Hall–Kier alpha value is -1.62. The highest BCUT2D eigenvalue weighted by Gasteiger charge is 2.07. The van der Waals surface area contributed by atoms with Gasteiger partial charge in [-0.05, 0) is 24.6 Å². The van der Waals surface area contributed by atoms with Crippen LogP contribution in [0.5, 0.6) is 0 Å². The summed E-state index contributed by atoms with van der Waals surface area (Å²) < 4.78 is 1.02. The molecule has 2 rings (SSSR count). The summed E-state index contributed by atoms with van der Waals surface area (Å²) in [7, 11) is 0. The van der Waals surface area contributed by atoms with Crippen molar-refractivity contribution in [3.8, 4) is 0 Å². The molecule has 0 spiro atoms. The molecule has 0 aliphatic heterocycles. The van der Waals surface area contributed by atoms with E-state index in [9.17, 15) is 0 Å². The van der Waals surface area contributed by atoms with Crippen molar-refractivity contribution in [2.45, 2.75) is 13.3 Å². The zero-order valence-electron chi connectivity index (χ0n) is 9.44. The molecule has 0 fully saturated rings. The second-order valence-corrected chi connectivity index (χ2v) is 4.49. The van der Waals surface area contributed by atoms with Crippen molar-refractivity contribution in [3.63, 3.8) is 0 Å². The Bertz CT molecular complexity index is 528. The highest BCUT2D eigenvalue weighted by Crippen LogP contribution is 2.23. The maximum Gasteiger partial charge on any atom is 0.139 e. The van der Waals surface area contributed by atoms with E-state index < -0.39 is 0 Å². The molecule has 0 saturated carbocycles. The average Bonchev–Trinajstić information content (AvgIpc) is 2.29. The number of nitrogens with one attached hydrogen (secondary N) is 1. The number of anilines is 3. The smallest absolute Gasteiger partial charge is 0.139 e. The summed E-state index contributed by atoms with van der Waals surface area (Å²) in [6.45, 7) is 2.03. The van der Waals surface area contributed by atoms with E-state index in [1.165, 1.54) is 6.33 Å². The van der Waals surface area contributed by atoms with Gasteiger partial charge in [-0.25, -0.2) is 9.97 Å². The molecule has 0 radical (unpaired) electrons. The number of rotatable bonds is 3. The lowest BCUT2D eigenvalue weighted by Gasteiger charge is -2.11. The number of hydrogen-bond acceptors (Lipinski definition) is 4. The van der Waals surface area contributed by atoms with Gasteiger partial charge in [0, 0.05) is 15.7 Å². The van der Waals surface area contributed by atoms with Gasteiger partial charge in [-0.3, -0.25) is 0 Å². The molecule has 3 N–H and O–H groups in total. The maximum atomic E-state index is 5.82. The van der Waals surface area contributed by atoms with Crippen LogP contribution in [0.2, 0.25) is 0 Å². The van der Waals surface area contributed by atoms with E-state index in [0.29, 0.717) is 5.82 Å². The molecule has 0 bridgehead atoms. The molecule has 5 heteroatoms. The Morgan fingerprint density at radius 2 is 2.18 bits per heavy atom. The molecule has 4 nitrogen and oxygen atoms in total. The van der Waals surface area contributed by atoms with Crippen LogP contribution >= 0.6 is 15.9 Å². The number of aromatic nitrogens is 2. The van der Waals surface area contributed by atoms with Gasteiger partial charge in [0.25, 0.3) is 0 Å². The Morgan fingerprint density at radius 1 is 1.35 bits per heavy atom. The quantitative estimate of drug-likeness (QED) is 0.912. The topological polar surface area (TPSA) is 63.8 Å². The standard InChI is InChI=1S/C12H13BrN4/c1-2-10-11(14)15-7-16-12(10)17-9-5-3-4-8(13)6-9/h3-7H,2H2,1H3,(H3,14,15,16,17). The van der Waals surface area contributed by atoms with Crippen molar-refractivity contribution in [2.75, 3.05) is 11.1 Å². The number of nitrogens with zero attached hydrogens (tertiary/aromatic N) is 2. The monoisotopic (exact) mass is 292 g/mol. The van der Waals surface area contributed by atoms with Gasteiger partial charge < -0.3 is 11.1 Å². The third-order valence-electron chi connectivity index (χ3n) is 2.42. The number of nitrogen functional groups attached to an aromatic ring is 1. The zero-order valence-corrected chi connectivity index (χ0v) is 11.0. The predicted molar refractivity (Wildman–Crippen MR) is 73.2 cm³/mol. The van der Waals surface area contributed by atoms with Crippen molar-refractivity contribution in [1.29, 1.82) is 0 Å². The molecule has 0 aliphatic carbocycles. The van der Waals surface area contributed by atoms with Crippen LogP contribution in [-0.4, -0.2) is 9.97 Å². The fourth-order valence-corrected chi connectivity index (χ4v) is 1.98. The summed E-state index contributed by atoms with van der Waals surface area (Å²) in [5.41, 5.74) is 7.72. The molecule has 0 unspecified atom stereocenters. The highest BCUT2D eigenvalue weighted by atomic mass is 79.9. The molecule has 0 aliphatic rings. The van der Waals surface area contributed by atoms with Gasteiger partial charge in [0.05, 0.1) is 0 Å². The third-order valence-corrected chi connectivity index (χ3v) is 2.91. The first-order valence-electron chi connectivity index (χ1n) is 5.32. The van der Waals surface area contributed by atoms with Gasteiger partial charge in [0.2, 0.25) is 0 Å². The molecule has 88 valence electrons. The van der Waals surface area contributed by atoms with E-state index in [-0.39, 0.29) is 0 Å². The minimum atomic E-state index is 0.528. The van der Waals surface area contributed by atoms with Gasteiger partial charge in [0.15, 0.2) is 0 Å². The van der Waals surface area contributed by atoms with E-state index in [2.05, 4.69) is 31.2 Å². The fraction of sp³-hybridized carbons (Fsp3) is 0.167. The first-order chi connectivity index (χ1) is 8.20. The van der Waals surface area contributed by atoms with Crippen molar-refractivity contribution in [1.82, 2.24) is 9.97 Å². The van der Waals surface area contributed by atoms with E-state index in [4.69, 9.17) is 5.73 Å². The lowest BCUT2D eigenvalue weighted by atomic mass is 10.2. The van der Waals surface area contributed by atoms with Crippen LogP contribution in [0.25, 0.3) is 0 Å². The fourth-order valence-electron chi connectivity index (χ4n) is 1.59. The Balaban J connectivity index is 2.33. The Labute approximate surface area is 108 Å².